The van der Waals surface area contributed by atoms with Gasteiger partial charge in [0.25, 0.3) is 0 Å². The molecule has 0 N–H and O–H groups in total. The van der Waals surface area contributed by atoms with Gasteiger partial charge in [-0.1, -0.05) is 41.9 Å². The van der Waals surface area contributed by atoms with Crippen molar-refractivity contribution in [1.29, 1.82) is 0 Å². The summed E-state index contributed by atoms with van der Waals surface area (Å²) >= 11 is 9.66. The number of aromatic nitrogens is 3. The number of halogens is 2. The first-order chi connectivity index (χ1) is 12.5. The van der Waals surface area contributed by atoms with E-state index in [1.807, 2.05) is 37.3 Å². The quantitative estimate of drug-likeness (QED) is 0.334. The number of rotatable bonds is 5. The van der Waals surface area contributed by atoms with E-state index in [0.717, 1.165) is 11.3 Å². The molecule has 0 unspecified atom stereocenters. The van der Waals surface area contributed by atoms with Crippen LogP contribution >= 0.6 is 27.5 Å². The standard InChI is InChI=1S/C19H15BrClN3O2/c1-13-15(9-10-17(25)26-16-8-5-11-22-18(16)20)19(21)24(23-13)12-14-6-3-2-4-7-14/h2-11H,12H2,1H3/b10-9-. The fourth-order valence-corrected chi connectivity index (χ4v) is 2.99. The third-order valence-electron chi connectivity index (χ3n) is 3.61. The molecule has 3 rings (SSSR count). The molecule has 0 saturated heterocycles. The van der Waals surface area contributed by atoms with Crippen molar-refractivity contribution in [2.75, 3.05) is 0 Å². The van der Waals surface area contributed by atoms with Crippen LogP contribution in [-0.4, -0.2) is 20.7 Å². The molecule has 0 atom stereocenters. The summed E-state index contributed by atoms with van der Waals surface area (Å²) in [6.45, 7) is 2.40. The van der Waals surface area contributed by atoms with Crippen LogP contribution in [0.1, 0.15) is 16.8 Å². The van der Waals surface area contributed by atoms with Gasteiger partial charge in [0.05, 0.1) is 12.2 Å². The van der Waals surface area contributed by atoms with Crippen molar-refractivity contribution in [1.82, 2.24) is 14.8 Å². The highest BCUT2D eigenvalue weighted by Crippen LogP contribution is 2.24. The van der Waals surface area contributed by atoms with Crippen molar-refractivity contribution in [2.24, 2.45) is 0 Å². The Hall–Kier alpha value is -2.44. The number of carbonyl (C=O) groups is 1. The molecular weight excluding hydrogens is 418 g/mol. The Labute approximate surface area is 164 Å². The number of ether oxygens (including phenoxy) is 1. The molecule has 3 aromatic rings. The Kier molecular flexibility index (Phi) is 5.85. The molecule has 0 amide bonds. The highest BCUT2D eigenvalue weighted by Gasteiger charge is 2.12. The first-order valence-electron chi connectivity index (χ1n) is 7.82. The lowest BCUT2D eigenvalue weighted by Gasteiger charge is -2.03. The summed E-state index contributed by atoms with van der Waals surface area (Å²) in [7, 11) is 0. The molecule has 26 heavy (non-hydrogen) atoms. The number of esters is 1. The zero-order chi connectivity index (χ0) is 18.5. The van der Waals surface area contributed by atoms with Gasteiger partial charge in [-0.05, 0) is 46.6 Å². The van der Waals surface area contributed by atoms with E-state index in [0.29, 0.717) is 27.6 Å². The molecule has 0 saturated carbocycles. The molecular formula is C19H15BrClN3O2. The average Bonchev–Trinajstić information content (AvgIpc) is 2.89. The van der Waals surface area contributed by atoms with Gasteiger partial charge in [0.15, 0.2) is 5.75 Å². The SMILES string of the molecule is Cc1nn(Cc2ccccc2)c(Cl)c1/C=C\C(=O)Oc1cccnc1Br. The number of aryl methyl sites for hydroxylation is 1. The van der Waals surface area contributed by atoms with E-state index in [9.17, 15) is 4.79 Å². The van der Waals surface area contributed by atoms with Crippen molar-refractivity contribution >= 4 is 39.6 Å². The van der Waals surface area contributed by atoms with E-state index in [4.69, 9.17) is 16.3 Å². The Morgan fingerprint density at radius 1 is 1.27 bits per heavy atom. The molecule has 0 aliphatic rings. The lowest BCUT2D eigenvalue weighted by atomic mass is 10.2. The summed E-state index contributed by atoms with van der Waals surface area (Å²) < 4.78 is 7.41. The first kappa shape index (κ1) is 18.4. The fraction of sp³-hybridized carbons (Fsp3) is 0.105. The number of carbonyl (C=O) groups excluding carboxylic acids is 1. The van der Waals surface area contributed by atoms with Crippen LogP contribution in [0.2, 0.25) is 5.15 Å². The molecule has 0 aliphatic heterocycles. The second-order valence-electron chi connectivity index (χ2n) is 5.48. The van der Waals surface area contributed by atoms with Gasteiger partial charge in [0.2, 0.25) is 0 Å². The number of pyridine rings is 1. The summed E-state index contributed by atoms with van der Waals surface area (Å²) in [6.07, 6.45) is 4.53. The summed E-state index contributed by atoms with van der Waals surface area (Å²) in [5.41, 5.74) is 2.51. The van der Waals surface area contributed by atoms with E-state index in [2.05, 4.69) is 26.0 Å². The summed E-state index contributed by atoms with van der Waals surface area (Å²) in [6, 6.07) is 13.2. The Morgan fingerprint density at radius 3 is 2.77 bits per heavy atom. The molecule has 5 nitrogen and oxygen atoms in total. The maximum Gasteiger partial charge on any atom is 0.336 e. The van der Waals surface area contributed by atoms with Crippen molar-refractivity contribution < 1.29 is 9.53 Å². The maximum absolute atomic E-state index is 12.0. The minimum atomic E-state index is -0.523. The summed E-state index contributed by atoms with van der Waals surface area (Å²) in [4.78, 5) is 16.0. The first-order valence-corrected chi connectivity index (χ1v) is 8.99. The van der Waals surface area contributed by atoms with Gasteiger partial charge in [-0.25, -0.2) is 14.5 Å². The smallest absolute Gasteiger partial charge is 0.336 e. The van der Waals surface area contributed by atoms with Gasteiger partial charge >= 0.3 is 5.97 Å². The molecule has 0 fully saturated rings. The van der Waals surface area contributed by atoms with Crippen LogP contribution < -0.4 is 4.74 Å². The predicted molar refractivity (Wildman–Crippen MR) is 104 cm³/mol. The predicted octanol–water partition coefficient (Wildman–Crippen LogP) is 4.67. The van der Waals surface area contributed by atoms with Crippen LogP contribution in [0.5, 0.6) is 5.75 Å². The monoisotopic (exact) mass is 431 g/mol. The topological polar surface area (TPSA) is 57.0 Å². The summed E-state index contributed by atoms with van der Waals surface area (Å²) in [5, 5.41) is 4.92. The minimum Gasteiger partial charge on any atom is -0.420 e. The molecule has 1 aromatic carbocycles. The van der Waals surface area contributed by atoms with Gasteiger partial charge < -0.3 is 4.74 Å². The van der Waals surface area contributed by atoms with E-state index in [1.54, 1.807) is 29.1 Å². The van der Waals surface area contributed by atoms with Gasteiger partial charge in [0, 0.05) is 17.8 Å². The number of benzene rings is 1. The van der Waals surface area contributed by atoms with E-state index in [1.165, 1.54) is 6.08 Å². The van der Waals surface area contributed by atoms with E-state index in [-0.39, 0.29) is 0 Å². The minimum absolute atomic E-state index is 0.352. The largest absolute Gasteiger partial charge is 0.420 e. The normalized spacial score (nSPS) is 11.0. The summed E-state index contributed by atoms with van der Waals surface area (Å²) in [5.74, 6) is -0.172. The lowest BCUT2D eigenvalue weighted by Crippen LogP contribution is -2.04. The molecule has 0 radical (unpaired) electrons. The Morgan fingerprint density at radius 2 is 2.04 bits per heavy atom. The van der Waals surface area contributed by atoms with Crippen LogP contribution in [0.25, 0.3) is 6.08 Å². The zero-order valence-corrected chi connectivity index (χ0v) is 16.2. The molecule has 132 valence electrons. The zero-order valence-electron chi connectivity index (χ0n) is 13.9. The number of nitrogens with zero attached hydrogens (tertiary/aromatic N) is 3. The third-order valence-corrected chi connectivity index (χ3v) is 4.60. The molecule has 2 aromatic heterocycles. The lowest BCUT2D eigenvalue weighted by molar-refractivity contribution is -0.128. The molecule has 0 aliphatic carbocycles. The molecule has 0 spiro atoms. The van der Waals surface area contributed by atoms with Gasteiger partial charge in [0.1, 0.15) is 9.76 Å². The number of hydrogen-bond donors (Lipinski definition) is 0. The van der Waals surface area contributed by atoms with Crippen molar-refractivity contribution in [2.45, 2.75) is 13.5 Å². The second-order valence-corrected chi connectivity index (χ2v) is 6.59. The fourth-order valence-electron chi connectivity index (χ4n) is 2.36. The van der Waals surface area contributed by atoms with E-state index < -0.39 is 5.97 Å². The van der Waals surface area contributed by atoms with Gasteiger partial charge in [-0.2, -0.15) is 5.10 Å². The molecule has 2 heterocycles. The third kappa shape index (κ3) is 4.39. The van der Waals surface area contributed by atoms with E-state index >= 15 is 0 Å². The van der Waals surface area contributed by atoms with Crippen LogP contribution in [0, 0.1) is 6.92 Å². The maximum atomic E-state index is 12.0. The van der Waals surface area contributed by atoms with Gasteiger partial charge in [-0.15, -0.1) is 0 Å². The van der Waals surface area contributed by atoms with Crippen LogP contribution in [0.3, 0.4) is 0 Å². The number of hydrogen-bond acceptors (Lipinski definition) is 4. The Balaban J connectivity index is 1.74. The van der Waals surface area contributed by atoms with Crippen LogP contribution in [0.4, 0.5) is 0 Å². The highest BCUT2D eigenvalue weighted by atomic mass is 79.9. The van der Waals surface area contributed by atoms with Crippen molar-refractivity contribution in [3.63, 3.8) is 0 Å². The molecule has 7 heteroatoms. The van der Waals surface area contributed by atoms with Crippen LogP contribution in [-0.2, 0) is 11.3 Å². The van der Waals surface area contributed by atoms with Crippen molar-refractivity contribution in [3.05, 3.63) is 81.3 Å². The highest BCUT2D eigenvalue weighted by molar-refractivity contribution is 9.10. The van der Waals surface area contributed by atoms with Crippen molar-refractivity contribution in [3.8, 4) is 5.75 Å². The average molecular weight is 433 g/mol. The molecule has 0 bridgehead atoms. The second kappa shape index (κ2) is 8.29. The van der Waals surface area contributed by atoms with Crippen LogP contribution in [0.15, 0.2) is 59.3 Å². The Bertz CT molecular complexity index is 955. The van der Waals surface area contributed by atoms with Gasteiger partial charge in [-0.3, -0.25) is 0 Å².